The molecule has 1 aliphatic heterocycles. The van der Waals surface area contributed by atoms with Crippen LogP contribution in [0.3, 0.4) is 0 Å². The van der Waals surface area contributed by atoms with Gasteiger partial charge in [0.05, 0.1) is 7.11 Å². The number of aryl methyl sites for hydroxylation is 1. The number of nitrogens with zero attached hydrogens (tertiary/aromatic N) is 1. The van der Waals surface area contributed by atoms with Crippen molar-refractivity contribution in [3.8, 4) is 5.75 Å². The Morgan fingerprint density at radius 1 is 1.39 bits per heavy atom. The van der Waals surface area contributed by atoms with E-state index in [0.29, 0.717) is 6.04 Å². The Hall–Kier alpha value is -1.22. The Labute approximate surface area is 110 Å². The number of methoxy groups -OCH3 is 1. The van der Waals surface area contributed by atoms with Crippen LogP contribution in [-0.4, -0.2) is 32.3 Å². The zero-order valence-corrected chi connectivity index (χ0v) is 12.1. The zero-order valence-electron chi connectivity index (χ0n) is 12.1. The summed E-state index contributed by atoms with van der Waals surface area (Å²) in [7, 11) is 3.89. The van der Waals surface area contributed by atoms with Crippen LogP contribution in [0.5, 0.6) is 5.75 Å². The van der Waals surface area contributed by atoms with Crippen molar-refractivity contribution in [2.24, 2.45) is 0 Å². The second kappa shape index (κ2) is 4.81. The molecule has 1 atom stereocenters. The molecule has 100 valence electrons. The summed E-state index contributed by atoms with van der Waals surface area (Å²) in [5.74, 6) is 0.956. The van der Waals surface area contributed by atoms with E-state index >= 15 is 0 Å². The Morgan fingerprint density at radius 2 is 2.11 bits per heavy atom. The van der Waals surface area contributed by atoms with Gasteiger partial charge in [-0.1, -0.05) is 0 Å². The maximum absolute atomic E-state index is 5.31. The fourth-order valence-corrected chi connectivity index (χ4v) is 2.69. The third-order valence-corrected chi connectivity index (χ3v) is 3.90. The number of rotatable bonds is 3. The van der Waals surface area contributed by atoms with Crippen molar-refractivity contribution < 1.29 is 4.74 Å². The molecule has 1 aromatic carbocycles. The standard InChI is InChI=1S/C15H24N2O/c1-11-8-12(6-7-14(11)18-5)17(4)13-9-15(2,3)16-10-13/h6-8,13,16H,9-10H2,1-5H3. The van der Waals surface area contributed by atoms with Crippen LogP contribution in [0.1, 0.15) is 25.8 Å². The van der Waals surface area contributed by atoms with Gasteiger partial charge in [-0.3, -0.25) is 0 Å². The van der Waals surface area contributed by atoms with Crippen molar-refractivity contribution in [3.63, 3.8) is 0 Å². The van der Waals surface area contributed by atoms with E-state index < -0.39 is 0 Å². The molecule has 0 radical (unpaired) electrons. The summed E-state index contributed by atoms with van der Waals surface area (Å²) in [6.45, 7) is 7.67. The average Bonchev–Trinajstić information content (AvgIpc) is 2.68. The number of likely N-dealkylation sites (N-methyl/N-ethyl adjacent to an activating group) is 1. The molecule has 0 aromatic heterocycles. The smallest absolute Gasteiger partial charge is 0.121 e. The molecule has 1 saturated heterocycles. The predicted octanol–water partition coefficient (Wildman–Crippen LogP) is 2.58. The van der Waals surface area contributed by atoms with Crippen LogP contribution in [0.15, 0.2) is 18.2 Å². The lowest BCUT2D eigenvalue weighted by Gasteiger charge is -2.27. The number of anilines is 1. The summed E-state index contributed by atoms with van der Waals surface area (Å²) < 4.78 is 5.31. The van der Waals surface area contributed by atoms with Gasteiger partial charge in [-0.15, -0.1) is 0 Å². The SMILES string of the molecule is COc1ccc(N(C)C2CNC(C)(C)C2)cc1C. The fourth-order valence-electron chi connectivity index (χ4n) is 2.69. The molecule has 1 N–H and O–H groups in total. The highest BCUT2D eigenvalue weighted by Gasteiger charge is 2.32. The molecule has 0 aliphatic carbocycles. The van der Waals surface area contributed by atoms with E-state index in [9.17, 15) is 0 Å². The minimum Gasteiger partial charge on any atom is -0.496 e. The van der Waals surface area contributed by atoms with Crippen LogP contribution in [0.25, 0.3) is 0 Å². The lowest BCUT2D eigenvalue weighted by atomic mass is 10.0. The Morgan fingerprint density at radius 3 is 2.61 bits per heavy atom. The van der Waals surface area contributed by atoms with E-state index in [1.54, 1.807) is 7.11 Å². The summed E-state index contributed by atoms with van der Waals surface area (Å²) in [4.78, 5) is 2.37. The van der Waals surface area contributed by atoms with Crippen LogP contribution in [0.4, 0.5) is 5.69 Å². The van der Waals surface area contributed by atoms with Crippen LogP contribution in [0, 0.1) is 6.92 Å². The van der Waals surface area contributed by atoms with Crippen molar-refractivity contribution in [1.82, 2.24) is 5.32 Å². The maximum atomic E-state index is 5.31. The maximum Gasteiger partial charge on any atom is 0.121 e. The molecule has 1 aliphatic rings. The van der Waals surface area contributed by atoms with Gasteiger partial charge in [0.2, 0.25) is 0 Å². The van der Waals surface area contributed by atoms with E-state index in [1.165, 1.54) is 17.7 Å². The lowest BCUT2D eigenvalue weighted by Crippen LogP contribution is -2.33. The molecule has 3 heteroatoms. The molecule has 2 rings (SSSR count). The molecule has 1 aromatic rings. The first-order valence-corrected chi connectivity index (χ1v) is 6.55. The summed E-state index contributed by atoms with van der Waals surface area (Å²) >= 11 is 0. The van der Waals surface area contributed by atoms with Crippen LogP contribution >= 0.6 is 0 Å². The number of benzene rings is 1. The summed E-state index contributed by atoms with van der Waals surface area (Å²) in [5, 5.41) is 3.57. The van der Waals surface area contributed by atoms with E-state index in [4.69, 9.17) is 4.74 Å². The Balaban J connectivity index is 2.14. The van der Waals surface area contributed by atoms with E-state index in [-0.39, 0.29) is 5.54 Å². The molecule has 1 unspecified atom stereocenters. The second-order valence-corrected chi connectivity index (χ2v) is 5.89. The van der Waals surface area contributed by atoms with Gasteiger partial charge in [-0.2, -0.15) is 0 Å². The lowest BCUT2D eigenvalue weighted by molar-refractivity contribution is 0.411. The van der Waals surface area contributed by atoms with Gasteiger partial charge in [0.1, 0.15) is 5.75 Å². The minimum atomic E-state index is 0.250. The van der Waals surface area contributed by atoms with Crippen LogP contribution < -0.4 is 15.0 Å². The molecule has 0 saturated carbocycles. The molecule has 0 amide bonds. The topological polar surface area (TPSA) is 24.5 Å². The van der Waals surface area contributed by atoms with E-state index in [2.05, 4.69) is 56.2 Å². The van der Waals surface area contributed by atoms with E-state index in [1.807, 2.05) is 0 Å². The average molecular weight is 248 g/mol. The Kier molecular flexibility index (Phi) is 3.53. The predicted molar refractivity (Wildman–Crippen MR) is 76.6 cm³/mol. The first-order chi connectivity index (χ1) is 8.43. The van der Waals surface area contributed by atoms with Gasteiger partial charge >= 0.3 is 0 Å². The number of nitrogens with one attached hydrogen (secondary N) is 1. The summed E-state index contributed by atoms with van der Waals surface area (Å²) in [6, 6.07) is 6.95. The molecule has 0 bridgehead atoms. The highest BCUT2D eigenvalue weighted by Crippen LogP contribution is 2.28. The molecular weight excluding hydrogens is 224 g/mol. The van der Waals surface area contributed by atoms with Gasteiger partial charge in [-0.05, 0) is 51.0 Å². The molecule has 3 nitrogen and oxygen atoms in total. The number of ether oxygens (including phenoxy) is 1. The van der Waals surface area contributed by atoms with Gasteiger partial charge < -0.3 is 15.0 Å². The van der Waals surface area contributed by atoms with Crippen LogP contribution in [0.2, 0.25) is 0 Å². The van der Waals surface area contributed by atoms with Gasteiger partial charge in [0.15, 0.2) is 0 Å². The van der Waals surface area contributed by atoms with Gasteiger partial charge in [-0.25, -0.2) is 0 Å². The monoisotopic (exact) mass is 248 g/mol. The Bertz CT molecular complexity index is 429. The van der Waals surface area contributed by atoms with Crippen LogP contribution in [-0.2, 0) is 0 Å². The molecule has 18 heavy (non-hydrogen) atoms. The quantitative estimate of drug-likeness (QED) is 0.890. The second-order valence-electron chi connectivity index (χ2n) is 5.89. The van der Waals surface area contributed by atoms with Crippen molar-refractivity contribution in [1.29, 1.82) is 0 Å². The molecule has 1 fully saturated rings. The number of hydrogen-bond acceptors (Lipinski definition) is 3. The van der Waals surface area contributed by atoms with Gasteiger partial charge in [0.25, 0.3) is 0 Å². The van der Waals surface area contributed by atoms with Gasteiger partial charge in [0, 0.05) is 30.9 Å². The highest BCUT2D eigenvalue weighted by molar-refractivity contribution is 5.53. The fraction of sp³-hybridized carbons (Fsp3) is 0.600. The zero-order chi connectivity index (χ0) is 13.3. The first-order valence-electron chi connectivity index (χ1n) is 6.55. The highest BCUT2D eigenvalue weighted by atomic mass is 16.5. The van der Waals surface area contributed by atoms with Crippen molar-refractivity contribution in [2.45, 2.75) is 38.8 Å². The minimum absolute atomic E-state index is 0.250. The summed E-state index contributed by atoms with van der Waals surface area (Å²) in [5.41, 5.74) is 2.70. The third kappa shape index (κ3) is 2.61. The van der Waals surface area contributed by atoms with E-state index in [0.717, 1.165) is 12.3 Å². The number of hydrogen-bond donors (Lipinski definition) is 1. The molecule has 0 spiro atoms. The van der Waals surface area contributed by atoms with Crippen molar-refractivity contribution in [3.05, 3.63) is 23.8 Å². The summed E-state index contributed by atoms with van der Waals surface area (Å²) in [6.07, 6.45) is 1.18. The van der Waals surface area contributed by atoms with Crippen molar-refractivity contribution >= 4 is 5.69 Å². The molecular formula is C15H24N2O. The molecule has 1 heterocycles. The third-order valence-electron chi connectivity index (χ3n) is 3.90. The largest absolute Gasteiger partial charge is 0.496 e. The van der Waals surface area contributed by atoms with Crippen molar-refractivity contribution in [2.75, 3.05) is 25.6 Å². The normalized spacial score (nSPS) is 21.9. The first kappa shape index (κ1) is 13.2.